The summed E-state index contributed by atoms with van der Waals surface area (Å²) < 4.78 is 0. The van der Waals surface area contributed by atoms with E-state index in [-0.39, 0.29) is 0 Å². The van der Waals surface area contributed by atoms with Crippen LogP contribution in [0.2, 0.25) is 0 Å². The van der Waals surface area contributed by atoms with Gasteiger partial charge < -0.3 is 10.6 Å². The smallest absolute Gasteiger partial charge is 0.225 e. The first kappa shape index (κ1) is 16.5. The van der Waals surface area contributed by atoms with Gasteiger partial charge in [0.25, 0.3) is 0 Å². The molecule has 1 fully saturated rings. The molecule has 1 aliphatic carbocycles. The number of rotatable bonds is 6. The molecular weight excluding hydrogens is 322 g/mol. The molecule has 2 N–H and O–H groups in total. The van der Waals surface area contributed by atoms with Crippen LogP contribution in [0.3, 0.4) is 0 Å². The maximum atomic E-state index is 4.75. The van der Waals surface area contributed by atoms with Gasteiger partial charge in [0.15, 0.2) is 0 Å². The van der Waals surface area contributed by atoms with Crippen molar-refractivity contribution in [1.29, 1.82) is 0 Å². The van der Waals surface area contributed by atoms with E-state index >= 15 is 0 Å². The van der Waals surface area contributed by atoms with Gasteiger partial charge in [-0.25, -0.2) is 4.98 Å². The topological polar surface area (TPSA) is 62.7 Å². The Morgan fingerprint density at radius 3 is 2.46 bits per heavy atom. The highest BCUT2D eigenvalue weighted by atomic mass is 15.2. The van der Waals surface area contributed by atoms with Gasteiger partial charge in [0.2, 0.25) is 5.95 Å². The van der Waals surface area contributed by atoms with Gasteiger partial charge in [-0.3, -0.25) is 4.98 Å². The van der Waals surface area contributed by atoms with Gasteiger partial charge >= 0.3 is 0 Å². The van der Waals surface area contributed by atoms with Crippen LogP contribution in [0.4, 0.5) is 11.8 Å². The van der Waals surface area contributed by atoms with Gasteiger partial charge in [0, 0.05) is 36.6 Å². The van der Waals surface area contributed by atoms with Gasteiger partial charge in [0.1, 0.15) is 5.82 Å². The van der Waals surface area contributed by atoms with Gasteiger partial charge in [-0.15, -0.1) is 0 Å². The van der Waals surface area contributed by atoms with Crippen LogP contribution in [0, 0.1) is 0 Å². The number of anilines is 2. The molecule has 2 heterocycles. The van der Waals surface area contributed by atoms with Crippen molar-refractivity contribution in [2.75, 3.05) is 10.6 Å². The van der Waals surface area contributed by atoms with Crippen molar-refractivity contribution in [2.45, 2.75) is 38.3 Å². The number of pyridine rings is 1. The molecule has 3 aromatic rings. The molecule has 0 bridgehead atoms. The highest BCUT2D eigenvalue weighted by Crippen LogP contribution is 2.25. The first-order chi connectivity index (χ1) is 12.9. The van der Waals surface area contributed by atoms with E-state index in [2.05, 4.69) is 32.7 Å². The van der Waals surface area contributed by atoms with Crippen molar-refractivity contribution < 1.29 is 0 Å². The summed E-state index contributed by atoms with van der Waals surface area (Å²) >= 11 is 0. The van der Waals surface area contributed by atoms with E-state index in [4.69, 9.17) is 4.98 Å². The second kappa shape index (κ2) is 7.95. The summed E-state index contributed by atoms with van der Waals surface area (Å²) in [6, 6.07) is 16.7. The summed E-state index contributed by atoms with van der Waals surface area (Å²) in [7, 11) is 0. The number of nitrogens with zero attached hydrogens (tertiary/aromatic N) is 3. The molecule has 1 aromatic carbocycles. The minimum Gasteiger partial charge on any atom is -0.366 e. The van der Waals surface area contributed by atoms with Crippen LogP contribution in [0.25, 0.3) is 11.3 Å². The van der Waals surface area contributed by atoms with Crippen LogP contribution in [0.5, 0.6) is 0 Å². The Morgan fingerprint density at radius 2 is 1.69 bits per heavy atom. The average Bonchev–Trinajstić information content (AvgIpc) is 3.21. The Kier molecular flexibility index (Phi) is 5.05. The largest absolute Gasteiger partial charge is 0.366 e. The minimum absolute atomic E-state index is 0.481. The third kappa shape index (κ3) is 4.17. The maximum absolute atomic E-state index is 4.75. The molecule has 0 unspecified atom stereocenters. The Labute approximate surface area is 153 Å². The van der Waals surface area contributed by atoms with Crippen molar-refractivity contribution in [1.82, 2.24) is 15.0 Å². The lowest BCUT2D eigenvalue weighted by Gasteiger charge is -2.15. The molecule has 0 amide bonds. The van der Waals surface area contributed by atoms with Crippen molar-refractivity contribution in [3.8, 4) is 11.3 Å². The van der Waals surface area contributed by atoms with Gasteiger partial charge in [-0.1, -0.05) is 43.2 Å². The molecule has 5 heteroatoms. The first-order valence-electron chi connectivity index (χ1n) is 9.21. The summed E-state index contributed by atoms with van der Waals surface area (Å²) in [6.07, 6.45) is 8.56. The minimum atomic E-state index is 0.481. The van der Waals surface area contributed by atoms with E-state index in [1.807, 2.05) is 36.4 Å². The van der Waals surface area contributed by atoms with E-state index in [1.165, 1.54) is 31.2 Å². The number of hydrogen-bond acceptors (Lipinski definition) is 5. The quantitative estimate of drug-likeness (QED) is 0.688. The van der Waals surface area contributed by atoms with E-state index < -0.39 is 0 Å². The SMILES string of the molecule is c1ccc(-c2cc(NCc3ccncc3)nc(NC3CCCC3)n2)cc1. The second-order valence-electron chi connectivity index (χ2n) is 6.66. The molecule has 0 saturated heterocycles. The van der Waals surface area contributed by atoms with Crippen LogP contribution >= 0.6 is 0 Å². The predicted octanol–water partition coefficient (Wildman–Crippen LogP) is 4.51. The molecule has 26 heavy (non-hydrogen) atoms. The highest BCUT2D eigenvalue weighted by Gasteiger charge is 2.16. The number of hydrogen-bond donors (Lipinski definition) is 2. The zero-order valence-corrected chi connectivity index (χ0v) is 14.7. The fourth-order valence-electron chi connectivity index (χ4n) is 3.31. The number of nitrogens with one attached hydrogen (secondary N) is 2. The van der Waals surface area contributed by atoms with Crippen LogP contribution in [0.15, 0.2) is 60.9 Å². The van der Waals surface area contributed by atoms with Crippen LogP contribution in [0.1, 0.15) is 31.2 Å². The molecule has 0 atom stereocenters. The lowest BCUT2D eigenvalue weighted by Crippen LogP contribution is -2.17. The predicted molar refractivity (Wildman–Crippen MR) is 105 cm³/mol. The van der Waals surface area contributed by atoms with Gasteiger partial charge in [0.05, 0.1) is 5.69 Å². The maximum Gasteiger partial charge on any atom is 0.225 e. The van der Waals surface area contributed by atoms with Crippen molar-refractivity contribution in [2.24, 2.45) is 0 Å². The van der Waals surface area contributed by atoms with Crippen molar-refractivity contribution >= 4 is 11.8 Å². The molecule has 1 aliphatic rings. The van der Waals surface area contributed by atoms with Crippen molar-refractivity contribution in [3.05, 3.63) is 66.5 Å². The van der Waals surface area contributed by atoms with E-state index in [0.717, 1.165) is 17.1 Å². The number of aromatic nitrogens is 3. The fourth-order valence-corrected chi connectivity index (χ4v) is 3.31. The first-order valence-corrected chi connectivity index (χ1v) is 9.21. The third-order valence-corrected chi connectivity index (χ3v) is 4.71. The molecule has 1 saturated carbocycles. The highest BCUT2D eigenvalue weighted by molar-refractivity contribution is 5.64. The van der Waals surface area contributed by atoms with Gasteiger partial charge in [-0.05, 0) is 30.5 Å². The Morgan fingerprint density at radius 1 is 0.923 bits per heavy atom. The Balaban J connectivity index is 1.58. The summed E-state index contributed by atoms with van der Waals surface area (Å²) in [4.78, 5) is 13.5. The molecule has 132 valence electrons. The molecule has 0 radical (unpaired) electrons. The lowest BCUT2D eigenvalue weighted by atomic mass is 10.1. The third-order valence-electron chi connectivity index (χ3n) is 4.71. The zero-order chi connectivity index (χ0) is 17.6. The molecule has 4 rings (SSSR count). The summed E-state index contributed by atoms with van der Waals surface area (Å²) in [6.45, 7) is 0.705. The van der Waals surface area contributed by atoms with Crippen LogP contribution in [-0.2, 0) is 6.54 Å². The molecule has 5 nitrogen and oxygen atoms in total. The average molecular weight is 345 g/mol. The summed E-state index contributed by atoms with van der Waals surface area (Å²) in [5, 5.41) is 6.93. The van der Waals surface area contributed by atoms with E-state index in [9.17, 15) is 0 Å². The van der Waals surface area contributed by atoms with Crippen LogP contribution < -0.4 is 10.6 Å². The molecule has 0 aliphatic heterocycles. The fraction of sp³-hybridized carbons (Fsp3) is 0.286. The van der Waals surface area contributed by atoms with Crippen molar-refractivity contribution in [3.63, 3.8) is 0 Å². The summed E-state index contributed by atoms with van der Waals surface area (Å²) in [5.41, 5.74) is 3.19. The summed E-state index contributed by atoms with van der Waals surface area (Å²) in [5.74, 6) is 1.53. The normalized spacial score (nSPS) is 14.3. The monoisotopic (exact) mass is 345 g/mol. The lowest BCUT2D eigenvalue weighted by molar-refractivity contribution is 0.744. The van der Waals surface area contributed by atoms with E-state index in [0.29, 0.717) is 18.5 Å². The zero-order valence-electron chi connectivity index (χ0n) is 14.7. The Bertz CT molecular complexity index is 830. The second-order valence-corrected chi connectivity index (χ2v) is 6.66. The molecular formula is C21H23N5. The van der Waals surface area contributed by atoms with E-state index in [1.54, 1.807) is 12.4 Å². The van der Waals surface area contributed by atoms with Crippen LogP contribution in [-0.4, -0.2) is 21.0 Å². The molecule has 0 spiro atoms. The molecule has 2 aromatic heterocycles. The Hall–Kier alpha value is -2.95. The standard InChI is InChI=1S/C21H23N5/c1-2-6-17(7-3-1)19-14-20(23-15-16-10-12-22-13-11-16)26-21(25-19)24-18-8-4-5-9-18/h1-3,6-7,10-14,18H,4-5,8-9,15H2,(H2,23,24,25,26). The number of benzene rings is 1. The van der Waals surface area contributed by atoms with Gasteiger partial charge in [-0.2, -0.15) is 4.98 Å².